The standard InChI is InChI=1S/C22H22ClN5O3S/c1-2-16(21(30)26-12-13-6-4-3-5-7-13)28(15-10-8-14(23)9-11-15)22(31)19-17(24)18(20(25)29)27-32-19/h3-11,16H,2,12,24H2,1H3,(H2,25,29)(H,26,30)/t16-/m0/s1. The van der Waals surface area contributed by atoms with Gasteiger partial charge in [0.05, 0.1) is 5.69 Å². The van der Waals surface area contributed by atoms with Gasteiger partial charge in [0.2, 0.25) is 5.91 Å². The van der Waals surface area contributed by atoms with Crippen LogP contribution in [0.3, 0.4) is 0 Å². The normalized spacial score (nSPS) is 11.6. The van der Waals surface area contributed by atoms with Crippen LogP contribution in [0.2, 0.25) is 5.02 Å². The molecule has 3 rings (SSSR count). The summed E-state index contributed by atoms with van der Waals surface area (Å²) in [5.41, 5.74) is 12.4. The predicted octanol–water partition coefficient (Wildman–Crippen LogP) is 3.22. The number of rotatable bonds is 8. The third-order valence-corrected chi connectivity index (χ3v) is 5.89. The van der Waals surface area contributed by atoms with Gasteiger partial charge in [-0.25, -0.2) is 0 Å². The fourth-order valence-electron chi connectivity index (χ4n) is 3.17. The van der Waals surface area contributed by atoms with Crippen LogP contribution >= 0.6 is 23.1 Å². The number of nitrogen functional groups attached to an aromatic ring is 1. The highest BCUT2D eigenvalue weighted by atomic mass is 35.5. The molecule has 1 aromatic heterocycles. The number of halogens is 1. The lowest BCUT2D eigenvalue weighted by atomic mass is 10.1. The van der Waals surface area contributed by atoms with Crippen LogP contribution in [0.5, 0.6) is 0 Å². The molecule has 3 aromatic rings. The molecular formula is C22H22ClN5O3S. The van der Waals surface area contributed by atoms with Crippen molar-refractivity contribution in [1.82, 2.24) is 9.69 Å². The van der Waals surface area contributed by atoms with Gasteiger partial charge < -0.3 is 16.8 Å². The summed E-state index contributed by atoms with van der Waals surface area (Å²) in [5, 5.41) is 3.36. The zero-order valence-electron chi connectivity index (χ0n) is 17.2. The first kappa shape index (κ1) is 23.2. The molecule has 32 heavy (non-hydrogen) atoms. The molecule has 0 radical (unpaired) electrons. The smallest absolute Gasteiger partial charge is 0.272 e. The lowest BCUT2D eigenvalue weighted by Gasteiger charge is -2.30. The number of nitrogens with zero attached hydrogens (tertiary/aromatic N) is 2. The maximum atomic E-state index is 13.5. The Morgan fingerprint density at radius 2 is 1.78 bits per heavy atom. The van der Waals surface area contributed by atoms with Crippen molar-refractivity contribution in [3.8, 4) is 0 Å². The van der Waals surface area contributed by atoms with E-state index in [9.17, 15) is 14.4 Å². The Kier molecular flexibility index (Phi) is 7.45. The second kappa shape index (κ2) is 10.3. The molecule has 0 saturated heterocycles. The molecule has 8 nitrogen and oxygen atoms in total. The van der Waals surface area contributed by atoms with Crippen LogP contribution in [-0.2, 0) is 11.3 Å². The van der Waals surface area contributed by atoms with Crippen molar-refractivity contribution < 1.29 is 14.4 Å². The highest BCUT2D eigenvalue weighted by molar-refractivity contribution is 7.09. The fraction of sp³-hybridized carbons (Fsp3) is 0.182. The number of primary amides is 1. The third-order valence-electron chi connectivity index (χ3n) is 4.79. The molecule has 0 saturated carbocycles. The molecule has 10 heteroatoms. The third kappa shape index (κ3) is 5.06. The van der Waals surface area contributed by atoms with Crippen molar-refractivity contribution in [2.45, 2.75) is 25.9 Å². The topological polar surface area (TPSA) is 131 Å². The number of amides is 3. The fourth-order valence-corrected chi connectivity index (χ4v) is 4.04. The van der Waals surface area contributed by atoms with Gasteiger partial charge in [0, 0.05) is 17.3 Å². The molecule has 0 fully saturated rings. The molecule has 1 atom stereocenters. The highest BCUT2D eigenvalue weighted by Gasteiger charge is 2.33. The number of nitrogens with two attached hydrogens (primary N) is 2. The summed E-state index contributed by atoms with van der Waals surface area (Å²) in [5.74, 6) is -1.72. The first-order chi connectivity index (χ1) is 15.3. The lowest BCUT2D eigenvalue weighted by Crippen LogP contribution is -2.49. The van der Waals surface area contributed by atoms with E-state index < -0.39 is 17.9 Å². The van der Waals surface area contributed by atoms with E-state index in [-0.39, 0.29) is 22.2 Å². The molecule has 0 unspecified atom stereocenters. The summed E-state index contributed by atoms with van der Waals surface area (Å²) in [4.78, 5) is 39.5. The summed E-state index contributed by atoms with van der Waals surface area (Å²) in [6, 6.07) is 15.1. The van der Waals surface area contributed by atoms with Crippen molar-refractivity contribution >= 4 is 52.2 Å². The second-order valence-electron chi connectivity index (χ2n) is 6.92. The monoisotopic (exact) mass is 471 g/mol. The Morgan fingerprint density at radius 1 is 1.12 bits per heavy atom. The van der Waals surface area contributed by atoms with E-state index in [2.05, 4.69) is 9.69 Å². The van der Waals surface area contributed by atoms with Gasteiger partial charge in [-0.15, -0.1) is 0 Å². The van der Waals surface area contributed by atoms with Gasteiger partial charge in [-0.3, -0.25) is 19.3 Å². The van der Waals surface area contributed by atoms with Gasteiger partial charge in [-0.1, -0.05) is 48.9 Å². The van der Waals surface area contributed by atoms with E-state index in [0.29, 0.717) is 23.7 Å². The van der Waals surface area contributed by atoms with E-state index >= 15 is 0 Å². The van der Waals surface area contributed by atoms with Crippen molar-refractivity contribution in [1.29, 1.82) is 0 Å². The minimum Gasteiger partial charge on any atom is -0.395 e. The van der Waals surface area contributed by atoms with Crippen LogP contribution in [0.4, 0.5) is 11.4 Å². The Bertz CT molecular complexity index is 1120. The SMILES string of the molecule is CC[C@@H](C(=O)NCc1ccccc1)N(C(=O)c1snc(C(N)=O)c1N)c1ccc(Cl)cc1. The molecule has 166 valence electrons. The quantitative estimate of drug-likeness (QED) is 0.464. The molecule has 5 N–H and O–H groups in total. The maximum absolute atomic E-state index is 13.5. The second-order valence-corrected chi connectivity index (χ2v) is 8.13. The number of carbonyl (C=O) groups excluding carboxylic acids is 3. The largest absolute Gasteiger partial charge is 0.395 e. The summed E-state index contributed by atoms with van der Waals surface area (Å²) < 4.78 is 3.91. The van der Waals surface area contributed by atoms with Crippen LogP contribution in [-0.4, -0.2) is 28.1 Å². The van der Waals surface area contributed by atoms with Crippen molar-refractivity contribution in [3.63, 3.8) is 0 Å². The summed E-state index contributed by atoms with van der Waals surface area (Å²) in [7, 11) is 0. The summed E-state index contributed by atoms with van der Waals surface area (Å²) in [6.07, 6.45) is 0.330. The molecule has 2 aromatic carbocycles. The van der Waals surface area contributed by atoms with Crippen LogP contribution in [0.25, 0.3) is 0 Å². The average molecular weight is 472 g/mol. The number of hydrogen-bond acceptors (Lipinski definition) is 6. The van der Waals surface area contributed by atoms with Crippen LogP contribution in [0.1, 0.15) is 39.1 Å². The van der Waals surface area contributed by atoms with E-state index in [4.69, 9.17) is 23.1 Å². The number of anilines is 2. The Balaban J connectivity index is 1.95. The lowest BCUT2D eigenvalue weighted by molar-refractivity contribution is -0.122. The molecule has 3 amide bonds. The minimum atomic E-state index is -0.842. The van der Waals surface area contributed by atoms with Crippen LogP contribution < -0.4 is 21.7 Å². The van der Waals surface area contributed by atoms with Crippen LogP contribution in [0.15, 0.2) is 54.6 Å². The zero-order valence-corrected chi connectivity index (χ0v) is 18.8. The molecule has 0 aliphatic heterocycles. The van der Waals surface area contributed by atoms with Gasteiger partial charge in [-0.2, -0.15) is 4.37 Å². The average Bonchev–Trinajstić information content (AvgIpc) is 3.18. The zero-order chi connectivity index (χ0) is 23.3. The molecular weight excluding hydrogens is 450 g/mol. The van der Waals surface area contributed by atoms with Crippen LogP contribution in [0, 0.1) is 0 Å². The molecule has 0 bridgehead atoms. The number of nitrogens with one attached hydrogen (secondary N) is 1. The molecule has 0 aliphatic rings. The van der Waals surface area contributed by atoms with E-state index in [1.165, 1.54) is 4.90 Å². The van der Waals surface area contributed by atoms with Gasteiger partial charge in [0.15, 0.2) is 5.69 Å². The van der Waals surface area contributed by atoms with Crippen molar-refractivity contribution in [2.24, 2.45) is 5.73 Å². The first-order valence-corrected chi connectivity index (χ1v) is 10.9. The van der Waals surface area contributed by atoms with E-state index in [1.54, 1.807) is 31.2 Å². The van der Waals surface area contributed by atoms with Gasteiger partial charge in [0.25, 0.3) is 11.8 Å². The van der Waals surface area contributed by atoms with E-state index in [1.807, 2.05) is 30.3 Å². The van der Waals surface area contributed by atoms with Gasteiger partial charge in [-0.05, 0) is 47.8 Å². The first-order valence-electron chi connectivity index (χ1n) is 9.79. The number of hydrogen-bond donors (Lipinski definition) is 3. The predicted molar refractivity (Wildman–Crippen MR) is 126 cm³/mol. The Hall–Kier alpha value is -3.43. The minimum absolute atomic E-state index is 0.0306. The Morgan fingerprint density at radius 3 is 2.34 bits per heavy atom. The number of carbonyl (C=O) groups is 3. The molecule has 0 spiro atoms. The number of aromatic nitrogens is 1. The summed E-state index contributed by atoms with van der Waals surface area (Å²) in [6.45, 7) is 2.11. The Labute approximate surface area is 194 Å². The highest BCUT2D eigenvalue weighted by Crippen LogP contribution is 2.29. The van der Waals surface area contributed by atoms with Crippen molar-refractivity contribution in [2.75, 3.05) is 10.6 Å². The molecule has 0 aliphatic carbocycles. The number of benzene rings is 2. The van der Waals surface area contributed by atoms with E-state index in [0.717, 1.165) is 17.1 Å². The summed E-state index contributed by atoms with van der Waals surface area (Å²) >= 11 is 6.77. The van der Waals surface area contributed by atoms with Gasteiger partial charge >= 0.3 is 0 Å². The van der Waals surface area contributed by atoms with Gasteiger partial charge in [0.1, 0.15) is 10.9 Å². The molecule has 1 heterocycles. The van der Waals surface area contributed by atoms with Crippen molar-refractivity contribution in [3.05, 3.63) is 75.8 Å². The maximum Gasteiger partial charge on any atom is 0.272 e.